The zero-order valence-electron chi connectivity index (χ0n) is 30.4. The van der Waals surface area contributed by atoms with Gasteiger partial charge in [-0.1, -0.05) is 102 Å². The minimum Gasteiger partial charge on any atom is -0.394 e. The van der Waals surface area contributed by atoms with E-state index in [1.165, 1.54) is 11.1 Å². The summed E-state index contributed by atoms with van der Waals surface area (Å²) in [6.07, 6.45) is 7.74. The molecule has 1 fully saturated rings. The number of halogens is 1. The Bertz CT molecular complexity index is 1130. The van der Waals surface area contributed by atoms with Crippen LogP contribution in [0.15, 0.2) is 36.4 Å². The van der Waals surface area contributed by atoms with Gasteiger partial charge in [-0.3, -0.25) is 0 Å². The third kappa shape index (κ3) is 13.0. The first-order valence-electron chi connectivity index (χ1n) is 18.7. The second-order valence-corrected chi connectivity index (χ2v) is 13.3. The van der Waals surface area contributed by atoms with Crippen molar-refractivity contribution >= 4 is 11.6 Å². The average Bonchev–Trinajstić information content (AvgIpc) is 3.09. The van der Waals surface area contributed by atoms with Gasteiger partial charge in [0.1, 0.15) is 30.5 Å². The van der Waals surface area contributed by atoms with E-state index in [2.05, 4.69) is 65.0 Å². The molecule has 0 spiro atoms. The molecular weight excluding hydrogens is 628 g/mol. The first-order chi connectivity index (χ1) is 23.5. The summed E-state index contributed by atoms with van der Waals surface area (Å²) in [7, 11) is 0. The lowest BCUT2D eigenvalue weighted by atomic mass is 9.87. The summed E-state index contributed by atoms with van der Waals surface area (Å²) in [5.74, 6) is 0. The number of aliphatic hydroxyl groups is 1. The molecule has 272 valence electrons. The number of benzene rings is 2. The Morgan fingerprint density at radius 3 is 1.85 bits per heavy atom. The van der Waals surface area contributed by atoms with E-state index in [0.29, 0.717) is 44.5 Å². The van der Waals surface area contributed by atoms with Crippen LogP contribution in [0.4, 0.5) is 0 Å². The predicted octanol–water partition coefficient (Wildman–Crippen LogP) is 8.81. The van der Waals surface area contributed by atoms with Crippen molar-refractivity contribution in [2.45, 2.75) is 136 Å². The first kappa shape index (κ1) is 40.9. The third-order valence-corrected chi connectivity index (χ3v) is 9.27. The number of unbranched alkanes of at least 4 members (excludes halogenated alkanes) is 4. The molecule has 2 aromatic rings. The maximum atomic E-state index is 9.50. The molecule has 1 aliphatic rings. The van der Waals surface area contributed by atoms with Gasteiger partial charge in [0.15, 0.2) is 0 Å². The number of hydrogen-bond donors (Lipinski definition) is 1. The molecule has 0 aromatic heterocycles. The molecule has 0 aliphatic carbocycles. The van der Waals surface area contributed by atoms with Crippen molar-refractivity contribution in [2.24, 2.45) is 0 Å². The third-order valence-electron chi connectivity index (χ3n) is 8.92. The molecule has 8 heteroatoms. The molecule has 2 aromatic carbocycles. The molecule has 1 aliphatic heterocycles. The van der Waals surface area contributed by atoms with Crippen LogP contribution in [0.25, 0.3) is 0 Å². The standard InChI is InChI=1S/C40H63ClO7/c1-6-11-20-43-29-36-38(45-21-12-7-2)40(47-23-14-9-4)39(46-22-13-8-3)37(48-36)34-26-32(25-31-17-15-30(10-5)16-18-31)35(41)27-33(34)28-44-24-19-42/h15-18,26-27,36-40,42H,6-14,19-25,28-29H2,1-5H3/t36-,37+,38-,39+,40+/m1/s1. The minimum atomic E-state index is -0.467. The maximum absolute atomic E-state index is 9.50. The van der Waals surface area contributed by atoms with E-state index >= 15 is 0 Å². The Labute approximate surface area is 295 Å². The van der Waals surface area contributed by atoms with Crippen molar-refractivity contribution in [3.05, 3.63) is 69.2 Å². The van der Waals surface area contributed by atoms with Crippen molar-refractivity contribution < 1.29 is 33.5 Å². The van der Waals surface area contributed by atoms with E-state index < -0.39 is 12.2 Å². The molecule has 0 unspecified atom stereocenters. The van der Waals surface area contributed by atoms with Gasteiger partial charge in [0.25, 0.3) is 0 Å². The highest BCUT2D eigenvalue weighted by Crippen LogP contribution is 2.41. The van der Waals surface area contributed by atoms with E-state index in [1.54, 1.807) is 0 Å². The van der Waals surface area contributed by atoms with E-state index in [1.807, 2.05) is 6.07 Å². The lowest BCUT2D eigenvalue weighted by molar-refractivity contribution is -0.268. The Morgan fingerprint density at radius 2 is 1.25 bits per heavy atom. The molecule has 7 nitrogen and oxygen atoms in total. The molecule has 5 atom stereocenters. The minimum absolute atomic E-state index is 0.0567. The normalized spacial score (nSPS) is 21.2. The number of hydrogen-bond acceptors (Lipinski definition) is 7. The second kappa shape index (κ2) is 23.8. The monoisotopic (exact) mass is 690 g/mol. The second-order valence-electron chi connectivity index (χ2n) is 12.9. The zero-order chi connectivity index (χ0) is 34.6. The lowest BCUT2D eigenvalue weighted by Gasteiger charge is -2.47. The highest BCUT2D eigenvalue weighted by atomic mass is 35.5. The number of aryl methyl sites for hydroxylation is 1. The molecular formula is C40H63ClO7. The maximum Gasteiger partial charge on any atom is 0.117 e. The Balaban J connectivity index is 2.12. The van der Waals surface area contributed by atoms with Crippen molar-refractivity contribution in [1.29, 1.82) is 0 Å². The number of rotatable bonds is 25. The van der Waals surface area contributed by atoms with E-state index in [4.69, 9.17) is 40.0 Å². The van der Waals surface area contributed by atoms with Crippen molar-refractivity contribution in [3.8, 4) is 0 Å². The van der Waals surface area contributed by atoms with E-state index in [-0.39, 0.29) is 38.1 Å². The van der Waals surface area contributed by atoms with Crippen LogP contribution < -0.4 is 0 Å². The van der Waals surface area contributed by atoms with Crippen molar-refractivity contribution in [3.63, 3.8) is 0 Å². The fraction of sp³-hybridized carbons (Fsp3) is 0.700. The summed E-state index contributed by atoms with van der Waals surface area (Å²) in [6.45, 7) is 14.2. The molecule has 0 radical (unpaired) electrons. The molecule has 1 saturated heterocycles. The Kier molecular flexibility index (Phi) is 20.3. The molecule has 3 rings (SSSR count). The van der Waals surface area contributed by atoms with Crippen LogP contribution in [-0.2, 0) is 47.9 Å². The van der Waals surface area contributed by atoms with Crippen molar-refractivity contribution in [2.75, 3.05) is 46.2 Å². The van der Waals surface area contributed by atoms with Gasteiger partial charge in [-0.25, -0.2) is 0 Å². The SMILES string of the molecule is CCCCOC[C@H]1O[C@@H](c2cc(Cc3ccc(CC)cc3)c(Cl)cc2COCCO)[C@H](OCCCC)[C@@H](OCCCC)[C@@H]1OCCCC. The van der Waals surface area contributed by atoms with Crippen LogP contribution in [-0.4, -0.2) is 75.8 Å². The summed E-state index contributed by atoms with van der Waals surface area (Å²) < 4.78 is 39.4. The van der Waals surface area contributed by atoms with Crippen LogP contribution in [0.2, 0.25) is 5.02 Å². The average molecular weight is 691 g/mol. The summed E-state index contributed by atoms with van der Waals surface area (Å²) in [4.78, 5) is 0. The van der Waals surface area contributed by atoms with Crippen LogP contribution >= 0.6 is 11.6 Å². The lowest BCUT2D eigenvalue weighted by Crippen LogP contribution is -2.58. The summed E-state index contributed by atoms with van der Waals surface area (Å²) in [5, 5.41) is 10.2. The van der Waals surface area contributed by atoms with E-state index in [0.717, 1.165) is 74.5 Å². The molecule has 48 heavy (non-hydrogen) atoms. The zero-order valence-corrected chi connectivity index (χ0v) is 31.1. The van der Waals surface area contributed by atoms with Gasteiger partial charge in [-0.15, -0.1) is 0 Å². The smallest absolute Gasteiger partial charge is 0.117 e. The van der Waals surface area contributed by atoms with Crippen molar-refractivity contribution in [1.82, 2.24) is 0 Å². The quantitative estimate of drug-likeness (QED) is 0.104. The summed E-state index contributed by atoms with van der Waals surface area (Å²) in [6, 6.07) is 12.9. The van der Waals surface area contributed by atoms with Gasteiger partial charge in [0, 0.05) is 31.5 Å². The largest absolute Gasteiger partial charge is 0.394 e. The highest BCUT2D eigenvalue weighted by molar-refractivity contribution is 6.31. The molecule has 0 bridgehead atoms. The number of aliphatic hydroxyl groups excluding tert-OH is 1. The van der Waals surface area contributed by atoms with Crippen LogP contribution in [0, 0.1) is 0 Å². The highest BCUT2D eigenvalue weighted by Gasteiger charge is 2.49. The van der Waals surface area contributed by atoms with Gasteiger partial charge < -0.3 is 33.5 Å². The van der Waals surface area contributed by atoms with Gasteiger partial charge in [0.05, 0.1) is 26.4 Å². The van der Waals surface area contributed by atoms with E-state index in [9.17, 15) is 5.11 Å². The van der Waals surface area contributed by atoms with Crippen LogP contribution in [0.5, 0.6) is 0 Å². The van der Waals surface area contributed by atoms with Gasteiger partial charge >= 0.3 is 0 Å². The first-order valence-corrected chi connectivity index (χ1v) is 19.0. The Hall–Kier alpha value is -1.55. The molecule has 1 N–H and O–H groups in total. The van der Waals surface area contributed by atoms with Crippen LogP contribution in [0.3, 0.4) is 0 Å². The Morgan fingerprint density at radius 1 is 0.667 bits per heavy atom. The molecule has 0 saturated carbocycles. The predicted molar refractivity (Wildman–Crippen MR) is 194 cm³/mol. The number of ether oxygens (including phenoxy) is 6. The molecule has 1 heterocycles. The van der Waals surface area contributed by atoms with Crippen LogP contribution in [0.1, 0.15) is 120 Å². The fourth-order valence-corrected chi connectivity index (χ4v) is 6.23. The van der Waals surface area contributed by atoms with Gasteiger partial charge in [-0.2, -0.15) is 0 Å². The fourth-order valence-electron chi connectivity index (χ4n) is 5.97. The summed E-state index contributed by atoms with van der Waals surface area (Å²) >= 11 is 6.99. The summed E-state index contributed by atoms with van der Waals surface area (Å²) in [5.41, 5.74) is 5.39. The van der Waals surface area contributed by atoms with Gasteiger partial charge in [-0.05, 0) is 72.4 Å². The van der Waals surface area contributed by atoms with Gasteiger partial charge in [0.2, 0.25) is 0 Å². The molecule has 0 amide bonds. The topological polar surface area (TPSA) is 75.6 Å².